The van der Waals surface area contributed by atoms with Crippen LogP contribution in [0.15, 0.2) is 30.3 Å². The van der Waals surface area contributed by atoms with Gasteiger partial charge in [-0.2, -0.15) is 0 Å². The van der Waals surface area contributed by atoms with Crippen LogP contribution in [-0.2, 0) is 16.1 Å². The summed E-state index contributed by atoms with van der Waals surface area (Å²) in [7, 11) is 0. The van der Waals surface area contributed by atoms with Crippen LogP contribution < -0.4 is 0 Å². The van der Waals surface area contributed by atoms with Gasteiger partial charge in [-0.1, -0.05) is 43.7 Å². The number of carbonyl (C=O) groups is 2. The molecule has 1 fully saturated rings. The highest BCUT2D eigenvalue weighted by Crippen LogP contribution is 2.26. The lowest BCUT2D eigenvalue weighted by Gasteiger charge is -2.36. The summed E-state index contributed by atoms with van der Waals surface area (Å²) < 4.78 is 5.24. The first-order valence-electron chi connectivity index (χ1n) is 7.32. The Morgan fingerprint density at radius 3 is 2.67 bits per heavy atom. The molecule has 0 unspecified atom stereocenters. The van der Waals surface area contributed by atoms with Gasteiger partial charge in [0.2, 0.25) is 0 Å². The number of rotatable bonds is 4. The third-order valence-electron chi connectivity index (χ3n) is 4.01. The van der Waals surface area contributed by atoms with Gasteiger partial charge in [-0.25, -0.2) is 9.59 Å². The Labute approximate surface area is 124 Å². The van der Waals surface area contributed by atoms with Crippen molar-refractivity contribution in [1.82, 2.24) is 4.90 Å². The van der Waals surface area contributed by atoms with Crippen molar-refractivity contribution in [2.75, 3.05) is 6.54 Å². The Hall–Kier alpha value is -2.04. The number of benzene rings is 1. The highest BCUT2D eigenvalue weighted by Gasteiger charge is 2.36. The molecule has 1 amide bonds. The van der Waals surface area contributed by atoms with Crippen LogP contribution in [0, 0.1) is 5.92 Å². The minimum atomic E-state index is -0.954. The molecule has 0 saturated carbocycles. The van der Waals surface area contributed by atoms with Gasteiger partial charge >= 0.3 is 12.1 Å². The second kappa shape index (κ2) is 7.11. The summed E-state index contributed by atoms with van der Waals surface area (Å²) >= 11 is 0. The molecule has 2 rings (SSSR count). The Balaban J connectivity index is 1.95. The summed E-state index contributed by atoms with van der Waals surface area (Å²) in [4.78, 5) is 24.8. The van der Waals surface area contributed by atoms with Crippen molar-refractivity contribution < 1.29 is 19.4 Å². The van der Waals surface area contributed by atoms with Gasteiger partial charge in [0.25, 0.3) is 0 Å². The topological polar surface area (TPSA) is 66.8 Å². The molecule has 0 radical (unpaired) electrons. The van der Waals surface area contributed by atoms with Crippen molar-refractivity contribution in [2.24, 2.45) is 5.92 Å². The van der Waals surface area contributed by atoms with Crippen LogP contribution in [0.1, 0.15) is 31.7 Å². The molecule has 1 aliphatic heterocycles. The zero-order chi connectivity index (χ0) is 15.2. The average molecular weight is 291 g/mol. The van der Waals surface area contributed by atoms with E-state index in [0.717, 1.165) is 18.4 Å². The van der Waals surface area contributed by atoms with Gasteiger partial charge in [-0.15, -0.1) is 0 Å². The van der Waals surface area contributed by atoms with Crippen molar-refractivity contribution in [3.63, 3.8) is 0 Å². The number of hydrogen-bond acceptors (Lipinski definition) is 3. The quantitative estimate of drug-likeness (QED) is 0.926. The fourth-order valence-electron chi connectivity index (χ4n) is 2.66. The standard InChI is InChI=1S/C16H21NO4/c1-2-12-8-9-17(14(10-12)15(18)19)16(20)21-11-13-6-4-3-5-7-13/h3-7,12,14H,2,8-11H2,1H3,(H,18,19)/t12-,14-/m0/s1. The van der Waals surface area contributed by atoms with Gasteiger partial charge in [0.15, 0.2) is 0 Å². The third-order valence-corrected chi connectivity index (χ3v) is 4.01. The fourth-order valence-corrected chi connectivity index (χ4v) is 2.66. The number of amides is 1. The van der Waals surface area contributed by atoms with E-state index in [1.54, 1.807) is 0 Å². The van der Waals surface area contributed by atoms with E-state index in [1.807, 2.05) is 37.3 Å². The molecule has 2 atom stereocenters. The normalized spacial score (nSPS) is 21.9. The maximum atomic E-state index is 12.1. The summed E-state index contributed by atoms with van der Waals surface area (Å²) in [6.07, 6.45) is 1.74. The van der Waals surface area contributed by atoms with Crippen molar-refractivity contribution in [2.45, 2.75) is 38.8 Å². The van der Waals surface area contributed by atoms with Crippen LogP contribution in [0.5, 0.6) is 0 Å². The predicted octanol–water partition coefficient (Wildman–Crippen LogP) is 2.90. The summed E-state index contributed by atoms with van der Waals surface area (Å²) in [5, 5.41) is 9.31. The molecular formula is C16H21NO4. The molecular weight excluding hydrogens is 270 g/mol. The van der Waals surface area contributed by atoms with Crippen molar-refractivity contribution >= 4 is 12.1 Å². The van der Waals surface area contributed by atoms with E-state index in [2.05, 4.69) is 0 Å². The van der Waals surface area contributed by atoms with Crippen LogP contribution in [0.3, 0.4) is 0 Å². The van der Waals surface area contributed by atoms with E-state index in [4.69, 9.17) is 4.74 Å². The Bertz CT molecular complexity index is 488. The van der Waals surface area contributed by atoms with Crippen LogP contribution in [0.25, 0.3) is 0 Å². The first-order chi connectivity index (χ1) is 10.1. The minimum Gasteiger partial charge on any atom is -0.480 e. The molecule has 0 bridgehead atoms. The lowest BCUT2D eigenvalue weighted by Crippen LogP contribution is -2.50. The molecule has 0 aromatic heterocycles. The SMILES string of the molecule is CC[C@H]1CCN(C(=O)OCc2ccccc2)[C@H](C(=O)O)C1. The molecule has 114 valence electrons. The summed E-state index contributed by atoms with van der Waals surface area (Å²) in [6, 6.07) is 8.59. The number of hydrogen-bond donors (Lipinski definition) is 1. The molecule has 21 heavy (non-hydrogen) atoms. The number of aliphatic carboxylic acids is 1. The molecule has 5 heteroatoms. The number of likely N-dealkylation sites (tertiary alicyclic amines) is 1. The lowest BCUT2D eigenvalue weighted by molar-refractivity contribution is -0.144. The van der Waals surface area contributed by atoms with Gasteiger partial charge in [-0.3, -0.25) is 4.90 Å². The van der Waals surface area contributed by atoms with Gasteiger partial charge in [0.05, 0.1) is 0 Å². The van der Waals surface area contributed by atoms with Crippen molar-refractivity contribution in [1.29, 1.82) is 0 Å². The second-order valence-electron chi connectivity index (χ2n) is 5.39. The van der Waals surface area contributed by atoms with Crippen molar-refractivity contribution in [3.8, 4) is 0 Å². The van der Waals surface area contributed by atoms with E-state index >= 15 is 0 Å². The molecule has 5 nitrogen and oxygen atoms in total. The molecule has 1 aromatic rings. The average Bonchev–Trinajstić information content (AvgIpc) is 2.52. The number of carboxylic acids is 1. The number of piperidine rings is 1. The lowest BCUT2D eigenvalue weighted by atomic mass is 9.89. The largest absolute Gasteiger partial charge is 0.480 e. The van der Waals surface area contributed by atoms with E-state index in [-0.39, 0.29) is 6.61 Å². The van der Waals surface area contributed by atoms with Crippen molar-refractivity contribution in [3.05, 3.63) is 35.9 Å². The van der Waals surface area contributed by atoms with E-state index < -0.39 is 18.1 Å². The molecule has 1 aliphatic rings. The number of nitrogens with zero attached hydrogens (tertiary/aromatic N) is 1. The summed E-state index contributed by atoms with van der Waals surface area (Å²) in [6.45, 7) is 2.66. The Morgan fingerprint density at radius 1 is 1.33 bits per heavy atom. The van der Waals surface area contributed by atoms with Gasteiger partial charge in [0, 0.05) is 6.54 Å². The monoisotopic (exact) mass is 291 g/mol. The van der Waals surface area contributed by atoms with Crippen LogP contribution in [-0.4, -0.2) is 34.7 Å². The zero-order valence-electron chi connectivity index (χ0n) is 12.2. The maximum Gasteiger partial charge on any atom is 0.410 e. The molecule has 1 saturated heterocycles. The third kappa shape index (κ3) is 3.97. The molecule has 1 heterocycles. The van der Waals surface area contributed by atoms with Gasteiger partial charge < -0.3 is 9.84 Å². The highest BCUT2D eigenvalue weighted by molar-refractivity contribution is 5.80. The first-order valence-corrected chi connectivity index (χ1v) is 7.32. The van der Waals surface area contributed by atoms with Gasteiger partial charge in [0.1, 0.15) is 12.6 Å². The number of carbonyl (C=O) groups excluding carboxylic acids is 1. The first kappa shape index (κ1) is 15.4. The summed E-state index contributed by atoms with van der Waals surface area (Å²) in [5.74, 6) is -0.589. The van der Waals surface area contributed by atoms with E-state index in [0.29, 0.717) is 18.9 Å². The van der Waals surface area contributed by atoms with Crippen LogP contribution in [0.4, 0.5) is 4.79 Å². The van der Waals surface area contributed by atoms with E-state index in [9.17, 15) is 14.7 Å². The van der Waals surface area contributed by atoms with Crippen LogP contribution in [0.2, 0.25) is 0 Å². The fraction of sp³-hybridized carbons (Fsp3) is 0.500. The molecule has 0 aliphatic carbocycles. The number of carboxylic acid groups (broad SMARTS) is 1. The molecule has 1 N–H and O–H groups in total. The van der Waals surface area contributed by atoms with Gasteiger partial charge in [-0.05, 0) is 24.3 Å². The highest BCUT2D eigenvalue weighted by atomic mass is 16.6. The number of ether oxygens (including phenoxy) is 1. The zero-order valence-corrected chi connectivity index (χ0v) is 12.2. The maximum absolute atomic E-state index is 12.1. The molecule has 1 aromatic carbocycles. The molecule has 0 spiro atoms. The minimum absolute atomic E-state index is 0.166. The Morgan fingerprint density at radius 2 is 2.05 bits per heavy atom. The smallest absolute Gasteiger partial charge is 0.410 e. The summed E-state index contributed by atoms with van der Waals surface area (Å²) in [5.41, 5.74) is 0.890. The van der Waals surface area contributed by atoms with E-state index in [1.165, 1.54) is 4.90 Å². The Kier molecular flexibility index (Phi) is 5.20. The second-order valence-corrected chi connectivity index (χ2v) is 5.39. The predicted molar refractivity (Wildman–Crippen MR) is 77.8 cm³/mol. The van der Waals surface area contributed by atoms with Crippen LogP contribution >= 0.6 is 0 Å².